The van der Waals surface area contributed by atoms with Gasteiger partial charge in [0.05, 0.1) is 4.88 Å². The lowest BCUT2D eigenvalue weighted by molar-refractivity contribution is -0.150. The fourth-order valence-corrected chi connectivity index (χ4v) is 3.22. The Kier molecular flexibility index (Phi) is 7.12. The molecule has 2 amide bonds. The molecule has 1 atom stereocenters. The molecule has 1 unspecified atom stereocenters. The van der Waals surface area contributed by atoms with Crippen molar-refractivity contribution in [3.63, 3.8) is 0 Å². The van der Waals surface area contributed by atoms with Crippen LogP contribution in [0.4, 0.5) is 5.69 Å². The molecule has 2 N–H and O–H groups in total. The lowest BCUT2D eigenvalue weighted by Crippen LogP contribution is -2.45. The number of ether oxygens (including phenoxy) is 1. The van der Waals surface area contributed by atoms with Gasteiger partial charge in [-0.25, -0.2) is 4.79 Å². The van der Waals surface area contributed by atoms with E-state index in [1.165, 1.54) is 11.3 Å². The molecule has 0 aliphatic heterocycles. The summed E-state index contributed by atoms with van der Waals surface area (Å²) in [7, 11) is 0. The molecule has 0 saturated heterocycles. The highest BCUT2D eigenvalue weighted by Crippen LogP contribution is 2.14. The molecule has 0 radical (unpaired) electrons. The van der Waals surface area contributed by atoms with Crippen molar-refractivity contribution in [1.29, 1.82) is 0 Å². The molecule has 0 aliphatic rings. The Balaban J connectivity index is 1.91. The zero-order valence-corrected chi connectivity index (χ0v) is 16.7. The Labute approximate surface area is 162 Å². The van der Waals surface area contributed by atoms with Gasteiger partial charge in [0.25, 0.3) is 11.8 Å². The molecule has 1 heterocycles. The van der Waals surface area contributed by atoms with E-state index >= 15 is 0 Å². The summed E-state index contributed by atoms with van der Waals surface area (Å²) in [5.74, 6) is -1.57. The second-order valence-corrected chi connectivity index (χ2v) is 7.65. The minimum absolute atomic E-state index is 0.177. The number of amides is 2. The van der Waals surface area contributed by atoms with Gasteiger partial charge in [0, 0.05) is 5.69 Å². The molecular weight excluding hydrogens is 364 g/mol. The molecule has 1 aromatic carbocycles. The molecule has 1 aromatic heterocycles. The first-order valence-corrected chi connectivity index (χ1v) is 9.53. The summed E-state index contributed by atoms with van der Waals surface area (Å²) < 4.78 is 5.12. The van der Waals surface area contributed by atoms with Gasteiger partial charge >= 0.3 is 5.97 Å². The Morgan fingerprint density at radius 1 is 1.11 bits per heavy atom. The van der Waals surface area contributed by atoms with Crippen LogP contribution < -0.4 is 10.6 Å². The van der Waals surface area contributed by atoms with E-state index in [0.717, 1.165) is 11.1 Å². The van der Waals surface area contributed by atoms with Crippen LogP contribution in [-0.4, -0.2) is 30.4 Å². The van der Waals surface area contributed by atoms with Crippen LogP contribution in [0.25, 0.3) is 0 Å². The van der Waals surface area contributed by atoms with Crippen molar-refractivity contribution in [2.75, 3.05) is 11.9 Å². The lowest BCUT2D eigenvalue weighted by Gasteiger charge is -2.20. The van der Waals surface area contributed by atoms with Crippen LogP contribution in [0.3, 0.4) is 0 Å². The van der Waals surface area contributed by atoms with E-state index in [0.29, 0.717) is 10.6 Å². The topological polar surface area (TPSA) is 84.5 Å². The first-order chi connectivity index (χ1) is 12.8. The second kappa shape index (κ2) is 9.32. The normalized spacial score (nSPS) is 11.7. The summed E-state index contributed by atoms with van der Waals surface area (Å²) in [6.07, 6.45) is 0. The average molecular weight is 388 g/mol. The van der Waals surface area contributed by atoms with Gasteiger partial charge in [-0.2, -0.15) is 0 Å². The number of carbonyl (C=O) groups is 3. The number of anilines is 1. The van der Waals surface area contributed by atoms with E-state index in [-0.39, 0.29) is 11.8 Å². The van der Waals surface area contributed by atoms with E-state index in [4.69, 9.17) is 4.74 Å². The first kappa shape index (κ1) is 20.6. The van der Waals surface area contributed by atoms with Crippen molar-refractivity contribution in [3.8, 4) is 0 Å². The fourth-order valence-electron chi connectivity index (χ4n) is 2.59. The minimum atomic E-state index is -0.825. The maximum atomic E-state index is 12.3. The molecule has 2 rings (SSSR count). The maximum absolute atomic E-state index is 12.3. The van der Waals surface area contributed by atoms with Gasteiger partial charge in [-0.05, 0) is 54.5 Å². The average Bonchev–Trinajstić information content (AvgIpc) is 3.10. The zero-order valence-electron chi connectivity index (χ0n) is 15.9. The third kappa shape index (κ3) is 6.21. The van der Waals surface area contributed by atoms with Gasteiger partial charge in [-0.15, -0.1) is 11.3 Å². The smallest absolute Gasteiger partial charge is 0.329 e. The van der Waals surface area contributed by atoms with Crippen LogP contribution in [0.2, 0.25) is 0 Å². The number of rotatable bonds is 7. The highest BCUT2D eigenvalue weighted by Gasteiger charge is 2.27. The summed E-state index contributed by atoms with van der Waals surface area (Å²) in [6, 6.07) is 8.29. The number of aryl methyl sites for hydroxylation is 2. The number of hydrogen-bond acceptors (Lipinski definition) is 5. The number of thiophene rings is 1. The van der Waals surface area contributed by atoms with Gasteiger partial charge in [-0.1, -0.05) is 26.0 Å². The van der Waals surface area contributed by atoms with E-state index in [9.17, 15) is 14.4 Å². The summed E-state index contributed by atoms with van der Waals surface area (Å²) >= 11 is 1.29. The zero-order chi connectivity index (χ0) is 20.0. The van der Waals surface area contributed by atoms with Crippen LogP contribution in [0.5, 0.6) is 0 Å². The Bertz CT molecular complexity index is 795. The van der Waals surface area contributed by atoms with Crippen molar-refractivity contribution in [2.45, 2.75) is 33.7 Å². The molecule has 144 valence electrons. The largest absolute Gasteiger partial charge is 0.454 e. The molecule has 0 fully saturated rings. The minimum Gasteiger partial charge on any atom is -0.454 e. The standard InChI is InChI=1S/C20H24N2O4S/c1-12(2)18(22-19(24)16-6-5-7-27-16)20(25)26-11-17(23)21-15-9-13(3)8-14(4)10-15/h5-10,12,18H,11H2,1-4H3,(H,21,23)(H,22,24). The Hall–Kier alpha value is -2.67. The molecule has 0 bridgehead atoms. The SMILES string of the molecule is Cc1cc(C)cc(NC(=O)COC(=O)C(NC(=O)c2cccs2)C(C)C)c1. The number of nitrogens with one attached hydrogen (secondary N) is 2. The van der Waals surface area contributed by atoms with E-state index in [1.807, 2.05) is 32.0 Å². The van der Waals surface area contributed by atoms with Crippen molar-refractivity contribution in [1.82, 2.24) is 5.32 Å². The molecule has 27 heavy (non-hydrogen) atoms. The number of carbonyl (C=O) groups excluding carboxylic acids is 3. The van der Waals surface area contributed by atoms with Crippen LogP contribution >= 0.6 is 11.3 Å². The predicted octanol–water partition coefficient (Wildman–Crippen LogP) is 3.30. The second-order valence-electron chi connectivity index (χ2n) is 6.70. The van der Waals surface area contributed by atoms with Gasteiger partial charge in [0.15, 0.2) is 6.61 Å². The molecule has 0 aliphatic carbocycles. The molecular formula is C20H24N2O4S. The van der Waals surface area contributed by atoms with Crippen molar-refractivity contribution in [3.05, 3.63) is 51.7 Å². The third-order valence-corrected chi connectivity index (χ3v) is 4.67. The first-order valence-electron chi connectivity index (χ1n) is 8.65. The summed E-state index contributed by atoms with van der Waals surface area (Å²) in [6.45, 7) is 7.06. The molecule has 2 aromatic rings. The highest BCUT2D eigenvalue weighted by molar-refractivity contribution is 7.12. The van der Waals surface area contributed by atoms with Crippen LogP contribution in [0.1, 0.15) is 34.6 Å². The monoisotopic (exact) mass is 388 g/mol. The maximum Gasteiger partial charge on any atom is 0.329 e. The summed E-state index contributed by atoms with van der Waals surface area (Å²) in [5, 5.41) is 7.17. The molecule has 6 nitrogen and oxygen atoms in total. The summed E-state index contributed by atoms with van der Waals surface area (Å²) in [5.41, 5.74) is 2.71. The van der Waals surface area contributed by atoms with Crippen molar-refractivity contribution >= 4 is 34.8 Å². The Morgan fingerprint density at radius 3 is 2.33 bits per heavy atom. The predicted molar refractivity (Wildman–Crippen MR) is 106 cm³/mol. The van der Waals surface area contributed by atoms with Crippen LogP contribution in [0.15, 0.2) is 35.7 Å². The number of hydrogen-bond donors (Lipinski definition) is 2. The number of esters is 1. The lowest BCUT2D eigenvalue weighted by atomic mass is 10.0. The van der Waals surface area contributed by atoms with Crippen LogP contribution in [0, 0.1) is 19.8 Å². The number of benzene rings is 1. The van der Waals surface area contributed by atoms with E-state index in [2.05, 4.69) is 10.6 Å². The van der Waals surface area contributed by atoms with Crippen LogP contribution in [-0.2, 0) is 14.3 Å². The Morgan fingerprint density at radius 2 is 1.78 bits per heavy atom. The van der Waals surface area contributed by atoms with E-state index < -0.39 is 24.5 Å². The molecule has 7 heteroatoms. The molecule has 0 spiro atoms. The van der Waals surface area contributed by atoms with Gasteiger partial charge < -0.3 is 15.4 Å². The quantitative estimate of drug-likeness (QED) is 0.713. The van der Waals surface area contributed by atoms with Gasteiger partial charge in [-0.3, -0.25) is 9.59 Å². The van der Waals surface area contributed by atoms with Crippen molar-refractivity contribution in [2.24, 2.45) is 5.92 Å². The summed E-state index contributed by atoms with van der Waals surface area (Å²) in [4.78, 5) is 37.1. The van der Waals surface area contributed by atoms with Gasteiger partial charge in [0.2, 0.25) is 0 Å². The molecule has 0 saturated carbocycles. The third-order valence-electron chi connectivity index (χ3n) is 3.80. The van der Waals surface area contributed by atoms with E-state index in [1.54, 1.807) is 31.4 Å². The fraction of sp³-hybridized carbons (Fsp3) is 0.350. The highest BCUT2D eigenvalue weighted by atomic mass is 32.1. The van der Waals surface area contributed by atoms with Gasteiger partial charge in [0.1, 0.15) is 6.04 Å². The van der Waals surface area contributed by atoms with Crippen molar-refractivity contribution < 1.29 is 19.1 Å².